The number of amides is 2. The van der Waals surface area contributed by atoms with Gasteiger partial charge in [0.2, 0.25) is 5.91 Å². The van der Waals surface area contributed by atoms with Crippen molar-refractivity contribution in [1.29, 1.82) is 0 Å². The zero-order valence-corrected chi connectivity index (χ0v) is 13.7. The Bertz CT molecular complexity index is 626. The van der Waals surface area contributed by atoms with Crippen molar-refractivity contribution in [3.63, 3.8) is 0 Å². The number of aryl methyl sites for hydroxylation is 2. The Morgan fingerprint density at radius 1 is 1.09 bits per heavy atom. The predicted molar refractivity (Wildman–Crippen MR) is 85.8 cm³/mol. The third-order valence-corrected chi connectivity index (χ3v) is 5.32. The van der Waals surface area contributed by atoms with E-state index in [-0.39, 0.29) is 11.8 Å². The van der Waals surface area contributed by atoms with Crippen LogP contribution in [0.15, 0.2) is 18.2 Å². The van der Waals surface area contributed by atoms with E-state index in [2.05, 4.69) is 0 Å². The van der Waals surface area contributed by atoms with E-state index < -0.39 is 5.54 Å². The summed E-state index contributed by atoms with van der Waals surface area (Å²) in [4.78, 5) is 29.4. The maximum Gasteiger partial charge on any atom is 0.254 e. The molecule has 4 nitrogen and oxygen atoms in total. The molecule has 2 saturated heterocycles. The number of carbonyl (C=O) groups excluding carboxylic acids is 2. The summed E-state index contributed by atoms with van der Waals surface area (Å²) in [5, 5.41) is 0. The Kier molecular flexibility index (Phi) is 3.71. The average molecular weight is 300 g/mol. The van der Waals surface area contributed by atoms with E-state index in [4.69, 9.17) is 0 Å². The molecule has 1 spiro atoms. The van der Waals surface area contributed by atoms with Gasteiger partial charge in [0.05, 0.1) is 0 Å². The van der Waals surface area contributed by atoms with Crippen LogP contribution in [0, 0.1) is 13.8 Å². The number of rotatable bonds is 1. The van der Waals surface area contributed by atoms with E-state index in [1.165, 1.54) is 5.56 Å². The normalized spacial score (nSPS) is 25.1. The van der Waals surface area contributed by atoms with Gasteiger partial charge in [0.15, 0.2) is 0 Å². The van der Waals surface area contributed by atoms with Gasteiger partial charge in [-0.3, -0.25) is 9.59 Å². The average Bonchev–Trinajstić information content (AvgIpc) is 2.91. The van der Waals surface area contributed by atoms with Crippen LogP contribution in [0.4, 0.5) is 0 Å². The van der Waals surface area contributed by atoms with Gasteiger partial charge >= 0.3 is 0 Å². The summed E-state index contributed by atoms with van der Waals surface area (Å²) in [6.45, 7) is 5.55. The Labute approximate surface area is 132 Å². The lowest BCUT2D eigenvalue weighted by molar-refractivity contribution is -0.144. The minimum Gasteiger partial charge on any atom is -0.344 e. The Balaban J connectivity index is 1.94. The molecule has 3 rings (SSSR count). The molecule has 0 aromatic heterocycles. The first-order valence-electron chi connectivity index (χ1n) is 8.10. The van der Waals surface area contributed by atoms with Crippen molar-refractivity contribution in [3.8, 4) is 0 Å². The molecule has 0 bridgehead atoms. The van der Waals surface area contributed by atoms with Gasteiger partial charge in [-0.1, -0.05) is 6.07 Å². The third kappa shape index (κ3) is 2.21. The maximum absolute atomic E-state index is 13.0. The van der Waals surface area contributed by atoms with Crippen molar-refractivity contribution < 1.29 is 9.59 Å². The molecule has 2 amide bonds. The summed E-state index contributed by atoms with van der Waals surface area (Å²) in [7, 11) is 1.85. The van der Waals surface area contributed by atoms with Gasteiger partial charge in [-0.15, -0.1) is 0 Å². The molecule has 0 aliphatic carbocycles. The fourth-order valence-corrected chi connectivity index (χ4v) is 3.86. The van der Waals surface area contributed by atoms with Gasteiger partial charge < -0.3 is 9.80 Å². The van der Waals surface area contributed by atoms with E-state index in [0.717, 1.165) is 37.8 Å². The predicted octanol–water partition coefficient (Wildman–Crippen LogP) is 2.53. The van der Waals surface area contributed by atoms with Crippen LogP contribution in [0.2, 0.25) is 0 Å². The Morgan fingerprint density at radius 3 is 2.45 bits per heavy atom. The zero-order valence-electron chi connectivity index (χ0n) is 13.7. The molecule has 2 fully saturated rings. The second-order valence-corrected chi connectivity index (χ2v) is 6.72. The topological polar surface area (TPSA) is 40.6 Å². The first kappa shape index (κ1) is 15.1. The highest BCUT2D eigenvalue weighted by Gasteiger charge is 2.52. The smallest absolute Gasteiger partial charge is 0.254 e. The molecular weight excluding hydrogens is 276 g/mol. The molecule has 2 heterocycles. The molecule has 1 aromatic carbocycles. The van der Waals surface area contributed by atoms with E-state index in [1.807, 2.05) is 44.0 Å². The van der Waals surface area contributed by atoms with Crippen LogP contribution in [0.1, 0.15) is 47.2 Å². The lowest BCUT2D eigenvalue weighted by atomic mass is 9.85. The minimum atomic E-state index is -0.594. The Morgan fingerprint density at radius 2 is 1.77 bits per heavy atom. The summed E-state index contributed by atoms with van der Waals surface area (Å²) in [6.07, 6.45) is 3.48. The highest BCUT2D eigenvalue weighted by Crippen LogP contribution is 2.38. The summed E-state index contributed by atoms with van der Waals surface area (Å²) in [5.74, 6) is 0.123. The molecule has 2 aliphatic heterocycles. The van der Waals surface area contributed by atoms with Gasteiger partial charge in [-0.05, 0) is 62.8 Å². The van der Waals surface area contributed by atoms with Crippen LogP contribution in [-0.2, 0) is 4.79 Å². The summed E-state index contributed by atoms with van der Waals surface area (Å²) < 4.78 is 0. The maximum atomic E-state index is 13.0. The Hall–Kier alpha value is -1.84. The number of likely N-dealkylation sites (N-methyl/N-ethyl adjacent to an activating group) is 1. The highest BCUT2D eigenvalue weighted by molar-refractivity contribution is 6.00. The van der Waals surface area contributed by atoms with Crippen molar-refractivity contribution in [3.05, 3.63) is 34.9 Å². The molecule has 118 valence electrons. The number of carbonyl (C=O) groups is 2. The number of hydrogen-bond donors (Lipinski definition) is 0. The van der Waals surface area contributed by atoms with Crippen LogP contribution < -0.4 is 0 Å². The first-order chi connectivity index (χ1) is 10.5. The van der Waals surface area contributed by atoms with Gasteiger partial charge in [0, 0.05) is 25.7 Å². The summed E-state index contributed by atoms with van der Waals surface area (Å²) >= 11 is 0. The van der Waals surface area contributed by atoms with Crippen molar-refractivity contribution in [2.24, 2.45) is 0 Å². The van der Waals surface area contributed by atoms with Gasteiger partial charge in [0.1, 0.15) is 5.54 Å². The SMILES string of the molecule is Cc1ccc(C(=O)N2CCCC23CCCN(C)C3=O)cc1C. The van der Waals surface area contributed by atoms with Crippen molar-refractivity contribution in [1.82, 2.24) is 9.80 Å². The van der Waals surface area contributed by atoms with Crippen LogP contribution in [0.3, 0.4) is 0 Å². The van der Waals surface area contributed by atoms with Crippen LogP contribution >= 0.6 is 0 Å². The molecule has 1 unspecified atom stereocenters. The standard InChI is InChI=1S/C18H24N2O2/c1-13-6-7-15(12-14(13)2)16(21)20-11-5-9-18(20)8-4-10-19(3)17(18)22/h6-7,12H,4-5,8-11H2,1-3H3. The molecule has 2 aliphatic rings. The number of likely N-dealkylation sites (tertiary alicyclic amines) is 2. The minimum absolute atomic E-state index is 0.00394. The van der Waals surface area contributed by atoms with Crippen molar-refractivity contribution >= 4 is 11.8 Å². The molecule has 1 atom stereocenters. The quantitative estimate of drug-likeness (QED) is 0.799. The second-order valence-electron chi connectivity index (χ2n) is 6.72. The molecule has 4 heteroatoms. The van der Waals surface area contributed by atoms with E-state index in [9.17, 15) is 9.59 Å². The molecule has 0 radical (unpaired) electrons. The monoisotopic (exact) mass is 300 g/mol. The van der Waals surface area contributed by atoms with Gasteiger partial charge in [-0.2, -0.15) is 0 Å². The van der Waals surface area contributed by atoms with Crippen LogP contribution in [0.25, 0.3) is 0 Å². The third-order valence-electron chi connectivity index (χ3n) is 5.32. The van der Waals surface area contributed by atoms with Gasteiger partial charge in [0.25, 0.3) is 5.91 Å². The molecule has 22 heavy (non-hydrogen) atoms. The molecular formula is C18H24N2O2. The van der Waals surface area contributed by atoms with E-state index in [0.29, 0.717) is 12.1 Å². The summed E-state index contributed by atoms with van der Waals surface area (Å²) in [6, 6.07) is 5.81. The van der Waals surface area contributed by atoms with Crippen molar-refractivity contribution in [2.75, 3.05) is 20.1 Å². The summed E-state index contributed by atoms with van der Waals surface area (Å²) in [5.41, 5.74) is 2.40. The lowest BCUT2D eigenvalue weighted by Crippen LogP contribution is -2.60. The number of piperidine rings is 1. The first-order valence-corrected chi connectivity index (χ1v) is 8.10. The molecule has 1 aromatic rings. The van der Waals surface area contributed by atoms with Crippen LogP contribution in [0.5, 0.6) is 0 Å². The van der Waals surface area contributed by atoms with Crippen molar-refractivity contribution in [2.45, 2.75) is 45.1 Å². The highest BCUT2D eigenvalue weighted by atomic mass is 16.2. The largest absolute Gasteiger partial charge is 0.344 e. The van der Waals surface area contributed by atoms with Gasteiger partial charge in [-0.25, -0.2) is 0 Å². The number of benzene rings is 1. The van der Waals surface area contributed by atoms with Crippen LogP contribution in [-0.4, -0.2) is 47.3 Å². The number of hydrogen-bond acceptors (Lipinski definition) is 2. The van der Waals surface area contributed by atoms with E-state index >= 15 is 0 Å². The fourth-order valence-electron chi connectivity index (χ4n) is 3.86. The molecule has 0 saturated carbocycles. The second kappa shape index (κ2) is 5.41. The lowest BCUT2D eigenvalue weighted by Gasteiger charge is -2.43. The fraction of sp³-hybridized carbons (Fsp3) is 0.556. The molecule has 0 N–H and O–H groups in total. The zero-order chi connectivity index (χ0) is 15.9. The van der Waals surface area contributed by atoms with E-state index in [1.54, 1.807) is 4.90 Å². The number of nitrogens with zero attached hydrogens (tertiary/aromatic N) is 2.